The maximum absolute atomic E-state index is 6.40. The van der Waals surface area contributed by atoms with Crippen molar-refractivity contribution in [1.82, 2.24) is 0 Å². The molecule has 62 heavy (non-hydrogen) atoms. The molecule has 0 spiro atoms. The maximum atomic E-state index is 6.40. The smallest absolute Gasteiger partial charge is 0.135 e. The van der Waals surface area contributed by atoms with Crippen molar-refractivity contribution < 1.29 is 8.83 Å². The number of fused-ring (bicyclic) bond motifs is 6. The Morgan fingerprint density at radius 2 is 0.629 bits per heavy atom. The summed E-state index contributed by atoms with van der Waals surface area (Å²) in [6.07, 6.45) is 4.37. The number of anilines is 6. The Morgan fingerprint density at radius 3 is 0.968 bits per heavy atom. The van der Waals surface area contributed by atoms with E-state index in [1.54, 1.807) is 0 Å². The first kappa shape index (κ1) is 38.9. The number of furan rings is 2. The molecule has 2 heterocycles. The molecule has 0 unspecified atom stereocenters. The molecule has 0 fully saturated rings. The van der Waals surface area contributed by atoms with Crippen LogP contribution in [0.2, 0.25) is 0 Å². The van der Waals surface area contributed by atoms with Crippen molar-refractivity contribution in [3.8, 4) is 0 Å². The van der Waals surface area contributed by atoms with Gasteiger partial charge < -0.3 is 18.6 Å². The third kappa shape index (κ3) is 7.43. The summed E-state index contributed by atoms with van der Waals surface area (Å²) in [6.45, 7) is 13.2. The summed E-state index contributed by atoms with van der Waals surface area (Å²) in [6, 6.07) is 61.3. The lowest BCUT2D eigenvalue weighted by Gasteiger charge is -2.26. The Labute approximate surface area is 364 Å². The van der Waals surface area contributed by atoms with Crippen molar-refractivity contribution in [1.29, 1.82) is 0 Å². The van der Waals surface area contributed by atoms with Crippen molar-refractivity contribution in [2.75, 3.05) is 9.80 Å². The molecular formula is C58H50N2O2. The number of rotatable bonds is 10. The van der Waals surface area contributed by atoms with E-state index in [4.69, 9.17) is 8.83 Å². The number of hydrogen-bond acceptors (Lipinski definition) is 4. The topological polar surface area (TPSA) is 32.8 Å². The highest BCUT2D eigenvalue weighted by molar-refractivity contribution is 6.09. The second-order valence-corrected chi connectivity index (χ2v) is 17.2. The molecule has 0 saturated carbocycles. The molecule has 4 nitrogen and oxygen atoms in total. The van der Waals surface area contributed by atoms with E-state index in [2.05, 4.69) is 233 Å². The lowest BCUT2D eigenvalue weighted by Crippen LogP contribution is -2.10. The summed E-state index contributed by atoms with van der Waals surface area (Å²) < 4.78 is 12.8. The fourth-order valence-corrected chi connectivity index (χ4v) is 8.54. The van der Waals surface area contributed by atoms with Crippen LogP contribution in [0.25, 0.3) is 56.0 Å². The van der Waals surface area contributed by atoms with Crippen molar-refractivity contribution >= 4 is 90.2 Å². The van der Waals surface area contributed by atoms with Crippen LogP contribution >= 0.6 is 0 Å². The molecule has 0 saturated heterocycles. The minimum Gasteiger partial charge on any atom is -0.456 e. The largest absolute Gasteiger partial charge is 0.456 e. The van der Waals surface area contributed by atoms with E-state index in [1.165, 1.54) is 22.3 Å². The molecule has 0 atom stereocenters. The molecule has 2 aromatic heterocycles. The molecule has 0 bridgehead atoms. The van der Waals surface area contributed by atoms with Gasteiger partial charge in [0, 0.05) is 55.7 Å². The van der Waals surface area contributed by atoms with E-state index in [-0.39, 0.29) is 0 Å². The van der Waals surface area contributed by atoms with Crippen molar-refractivity contribution in [2.45, 2.75) is 53.4 Å². The zero-order valence-corrected chi connectivity index (χ0v) is 36.2. The van der Waals surface area contributed by atoms with Crippen LogP contribution in [0.5, 0.6) is 0 Å². The molecule has 10 aromatic rings. The lowest BCUT2D eigenvalue weighted by atomic mass is 10.0. The van der Waals surface area contributed by atoms with Gasteiger partial charge in [0.2, 0.25) is 0 Å². The van der Waals surface area contributed by atoms with E-state index >= 15 is 0 Å². The van der Waals surface area contributed by atoms with Gasteiger partial charge in [0.25, 0.3) is 0 Å². The van der Waals surface area contributed by atoms with Gasteiger partial charge in [-0.05, 0) is 157 Å². The highest BCUT2D eigenvalue weighted by atomic mass is 16.3. The summed E-state index contributed by atoms with van der Waals surface area (Å²) in [4.78, 5) is 4.66. The van der Waals surface area contributed by atoms with Gasteiger partial charge in [-0.1, -0.05) is 112 Å². The zero-order chi connectivity index (χ0) is 42.5. The number of hydrogen-bond donors (Lipinski definition) is 0. The predicted octanol–water partition coefficient (Wildman–Crippen LogP) is 17.5. The van der Waals surface area contributed by atoms with Crippen LogP contribution in [-0.4, -0.2) is 0 Å². The standard InChI is InChI=1S/C58H50N2O2/c1-37(2)43-15-23-47(24-16-43)59(45-19-7-39(5)8-20-45)49-27-31-57-53(35-49)51-33-41(13-29-55(51)61-57)11-12-42-14-30-56-52(34-42)54-36-50(28-32-58(54)62-56)60(46-21-9-40(6)10-22-46)48-25-17-44(18-26-48)38(3)4/h7-38H,1-6H3. The third-order valence-corrected chi connectivity index (χ3v) is 12.2. The van der Waals surface area contributed by atoms with E-state index < -0.39 is 0 Å². The van der Waals surface area contributed by atoms with Crippen LogP contribution in [0.4, 0.5) is 34.1 Å². The van der Waals surface area contributed by atoms with Gasteiger partial charge >= 0.3 is 0 Å². The van der Waals surface area contributed by atoms with Crippen molar-refractivity contribution in [3.63, 3.8) is 0 Å². The second-order valence-electron chi connectivity index (χ2n) is 17.2. The molecular weight excluding hydrogens is 757 g/mol. The van der Waals surface area contributed by atoms with Gasteiger partial charge in [-0.3, -0.25) is 0 Å². The van der Waals surface area contributed by atoms with Crippen LogP contribution < -0.4 is 9.80 Å². The summed E-state index contributed by atoms with van der Waals surface area (Å²) in [7, 11) is 0. The van der Waals surface area contributed by atoms with E-state index in [1.807, 2.05) is 0 Å². The molecule has 0 N–H and O–H groups in total. The van der Waals surface area contributed by atoms with Gasteiger partial charge in [0.15, 0.2) is 0 Å². The first-order valence-corrected chi connectivity index (χ1v) is 21.7. The highest BCUT2D eigenvalue weighted by Crippen LogP contribution is 2.41. The maximum Gasteiger partial charge on any atom is 0.135 e. The second kappa shape index (κ2) is 15.9. The first-order valence-electron chi connectivity index (χ1n) is 21.7. The molecule has 8 aromatic carbocycles. The monoisotopic (exact) mass is 806 g/mol. The Balaban J connectivity index is 0.994. The summed E-state index contributed by atoms with van der Waals surface area (Å²) in [5.74, 6) is 0.936. The third-order valence-electron chi connectivity index (χ3n) is 12.2. The molecule has 0 aliphatic rings. The molecule has 0 aliphatic carbocycles. The molecule has 10 rings (SSSR count). The van der Waals surface area contributed by atoms with Crippen molar-refractivity contribution in [3.05, 3.63) is 203 Å². The first-order chi connectivity index (χ1) is 30.1. The molecule has 0 amide bonds. The fourth-order valence-electron chi connectivity index (χ4n) is 8.54. The Hall–Kier alpha value is -7.30. The molecule has 304 valence electrons. The van der Waals surface area contributed by atoms with Gasteiger partial charge in [0.05, 0.1) is 0 Å². The average molecular weight is 807 g/mol. The lowest BCUT2D eigenvalue weighted by molar-refractivity contribution is 0.668. The van der Waals surface area contributed by atoms with Crippen LogP contribution in [0.3, 0.4) is 0 Å². The Bertz CT molecular complexity index is 3020. The fraction of sp³-hybridized carbons (Fsp3) is 0.138. The van der Waals surface area contributed by atoms with Crippen LogP contribution in [-0.2, 0) is 0 Å². The average Bonchev–Trinajstić information content (AvgIpc) is 3.84. The Morgan fingerprint density at radius 1 is 0.339 bits per heavy atom. The van der Waals surface area contributed by atoms with Gasteiger partial charge in [-0.25, -0.2) is 0 Å². The van der Waals surface area contributed by atoms with Crippen LogP contribution in [0, 0.1) is 13.8 Å². The van der Waals surface area contributed by atoms with E-state index in [0.29, 0.717) is 11.8 Å². The normalized spacial score (nSPS) is 11.9. The number of aryl methyl sites for hydroxylation is 2. The number of benzene rings is 8. The van der Waals surface area contributed by atoms with E-state index in [0.717, 1.165) is 89.1 Å². The van der Waals surface area contributed by atoms with Crippen LogP contribution in [0.1, 0.15) is 72.9 Å². The quantitative estimate of drug-likeness (QED) is 0.129. The van der Waals surface area contributed by atoms with Gasteiger partial charge in [-0.2, -0.15) is 0 Å². The number of nitrogens with zero attached hydrogens (tertiary/aromatic N) is 2. The van der Waals surface area contributed by atoms with Gasteiger partial charge in [0.1, 0.15) is 22.3 Å². The minimum absolute atomic E-state index is 0.468. The van der Waals surface area contributed by atoms with Crippen LogP contribution in [0.15, 0.2) is 179 Å². The predicted molar refractivity (Wildman–Crippen MR) is 263 cm³/mol. The molecule has 0 radical (unpaired) electrons. The SMILES string of the molecule is Cc1ccc(N(c2ccc(C(C)C)cc2)c2ccc3oc4ccc(C=Cc5ccc6oc7ccc(N(c8ccc(C)cc8)c8ccc(C(C)C)cc8)cc7c6c5)cc4c3c2)cc1. The van der Waals surface area contributed by atoms with Crippen molar-refractivity contribution in [2.24, 2.45) is 0 Å². The minimum atomic E-state index is 0.468. The zero-order valence-electron chi connectivity index (χ0n) is 36.2. The van der Waals surface area contributed by atoms with Gasteiger partial charge in [-0.15, -0.1) is 0 Å². The van der Waals surface area contributed by atoms with E-state index in [9.17, 15) is 0 Å². The summed E-state index contributed by atoms with van der Waals surface area (Å²) in [5, 5.41) is 4.34. The molecule has 0 aliphatic heterocycles. The summed E-state index contributed by atoms with van der Waals surface area (Å²) in [5.41, 5.74) is 17.4. The highest BCUT2D eigenvalue weighted by Gasteiger charge is 2.18. The summed E-state index contributed by atoms with van der Waals surface area (Å²) >= 11 is 0. The Kier molecular flexibility index (Phi) is 10.0. The molecule has 4 heteroatoms.